The van der Waals surface area contributed by atoms with Crippen molar-refractivity contribution in [1.29, 1.82) is 0 Å². The van der Waals surface area contributed by atoms with Gasteiger partial charge in [0.15, 0.2) is 0 Å². The zero-order valence-electron chi connectivity index (χ0n) is 10.1. The zero-order valence-corrected chi connectivity index (χ0v) is 10.1. The second kappa shape index (κ2) is 4.67. The molecule has 0 aliphatic carbocycles. The first kappa shape index (κ1) is 11.8. The minimum Gasteiger partial charge on any atom is -0.329 e. The fourth-order valence-corrected chi connectivity index (χ4v) is 1.98. The predicted molar refractivity (Wildman–Crippen MR) is 65.1 cm³/mol. The third-order valence-electron chi connectivity index (χ3n) is 2.86. The summed E-state index contributed by atoms with van der Waals surface area (Å²) < 4.78 is 15.5. The highest BCUT2D eigenvalue weighted by Crippen LogP contribution is 2.16. The van der Waals surface area contributed by atoms with E-state index in [1.807, 2.05) is 16.7 Å². The highest BCUT2D eigenvalue weighted by Gasteiger charge is 2.06. The normalized spacial score (nSPS) is 10.8. The molecule has 0 atom stereocenters. The monoisotopic (exact) mass is 233 g/mol. The Kier molecular flexibility index (Phi) is 3.24. The Morgan fingerprint density at radius 3 is 2.53 bits per heavy atom. The standard InChI is InChI=1S/C13H16FN3/c1-9-3-11(4-10(2)13(9)14)7-17-8-16-6-12(17)5-15/h3-4,6,8H,5,7,15H2,1-2H3. The van der Waals surface area contributed by atoms with E-state index < -0.39 is 0 Å². The van der Waals surface area contributed by atoms with Gasteiger partial charge in [-0.2, -0.15) is 0 Å². The van der Waals surface area contributed by atoms with Gasteiger partial charge in [-0.25, -0.2) is 9.37 Å². The summed E-state index contributed by atoms with van der Waals surface area (Å²) in [5.74, 6) is -0.126. The van der Waals surface area contributed by atoms with Crippen LogP contribution >= 0.6 is 0 Å². The first-order valence-electron chi connectivity index (χ1n) is 5.56. The Bertz CT molecular complexity index is 508. The number of halogens is 1. The van der Waals surface area contributed by atoms with Crippen molar-refractivity contribution in [1.82, 2.24) is 9.55 Å². The molecule has 2 N–H and O–H groups in total. The highest BCUT2D eigenvalue weighted by molar-refractivity contribution is 5.30. The van der Waals surface area contributed by atoms with Gasteiger partial charge in [0, 0.05) is 19.3 Å². The summed E-state index contributed by atoms with van der Waals surface area (Å²) in [6.45, 7) is 4.70. The number of benzene rings is 1. The number of aromatic nitrogens is 2. The topological polar surface area (TPSA) is 43.8 Å². The van der Waals surface area contributed by atoms with Gasteiger partial charge in [0.05, 0.1) is 12.0 Å². The van der Waals surface area contributed by atoms with Crippen LogP contribution in [0.3, 0.4) is 0 Å². The van der Waals surface area contributed by atoms with E-state index >= 15 is 0 Å². The number of nitrogens with zero attached hydrogens (tertiary/aromatic N) is 2. The molecule has 0 saturated carbocycles. The van der Waals surface area contributed by atoms with Crippen LogP contribution < -0.4 is 5.73 Å². The summed E-state index contributed by atoms with van der Waals surface area (Å²) in [7, 11) is 0. The van der Waals surface area contributed by atoms with Crippen molar-refractivity contribution in [3.05, 3.63) is 52.9 Å². The molecule has 0 aliphatic rings. The Hall–Kier alpha value is -1.68. The maximum atomic E-state index is 13.5. The largest absolute Gasteiger partial charge is 0.329 e. The molecule has 0 bridgehead atoms. The van der Waals surface area contributed by atoms with E-state index in [4.69, 9.17) is 5.73 Å². The summed E-state index contributed by atoms with van der Waals surface area (Å²) >= 11 is 0. The summed E-state index contributed by atoms with van der Waals surface area (Å²) in [5, 5.41) is 0. The second-order valence-corrected chi connectivity index (χ2v) is 4.26. The molecule has 1 aromatic carbocycles. The van der Waals surface area contributed by atoms with Gasteiger partial charge in [-0.3, -0.25) is 0 Å². The molecule has 0 amide bonds. The number of nitrogens with two attached hydrogens (primary N) is 1. The van der Waals surface area contributed by atoms with Crippen molar-refractivity contribution < 1.29 is 4.39 Å². The van der Waals surface area contributed by atoms with Crippen LogP contribution in [-0.4, -0.2) is 9.55 Å². The Balaban J connectivity index is 2.31. The van der Waals surface area contributed by atoms with Gasteiger partial charge >= 0.3 is 0 Å². The molecule has 0 radical (unpaired) electrons. The first-order valence-corrected chi connectivity index (χ1v) is 5.56. The fraction of sp³-hybridized carbons (Fsp3) is 0.308. The number of hydrogen-bond donors (Lipinski definition) is 1. The van der Waals surface area contributed by atoms with E-state index in [9.17, 15) is 4.39 Å². The van der Waals surface area contributed by atoms with E-state index in [2.05, 4.69) is 4.98 Å². The Labute approximate surface area is 100 Å². The second-order valence-electron chi connectivity index (χ2n) is 4.26. The molecule has 0 aliphatic heterocycles. The van der Waals surface area contributed by atoms with Crippen LogP contribution in [0, 0.1) is 19.7 Å². The van der Waals surface area contributed by atoms with Crippen molar-refractivity contribution in [3.63, 3.8) is 0 Å². The van der Waals surface area contributed by atoms with Gasteiger partial charge in [0.25, 0.3) is 0 Å². The van der Waals surface area contributed by atoms with Crippen molar-refractivity contribution in [2.75, 3.05) is 0 Å². The highest BCUT2D eigenvalue weighted by atomic mass is 19.1. The first-order chi connectivity index (χ1) is 8.11. The van der Waals surface area contributed by atoms with Gasteiger partial charge in [-0.1, -0.05) is 12.1 Å². The van der Waals surface area contributed by atoms with Crippen LogP contribution in [0.2, 0.25) is 0 Å². The van der Waals surface area contributed by atoms with Crippen LogP contribution in [0.25, 0.3) is 0 Å². The molecule has 0 spiro atoms. The third-order valence-corrected chi connectivity index (χ3v) is 2.86. The van der Waals surface area contributed by atoms with E-state index in [1.165, 1.54) is 0 Å². The van der Waals surface area contributed by atoms with Crippen molar-refractivity contribution in [2.24, 2.45) is 5.73 Å². The summed E-state index contributed by atoms with van der Waals surface area (Å²) in [5.41, 5.74) is 9.00. The van der Waals surface area contributed by atoms with E-state index in [0.717, 1.165) is 11.3 Å². The molecule has 4 heteroatoms. The minimum absolute atomic E-state index is 0.126. The average molecular weight is 233 g/mol. The molecule has 2 rings (SSSR count). The van der Waals surface area contributed by atoms with Gasteiger partial charge < -0.3 is 10.3 Å². The zero-order chi connectivity index (χ0) is 12.4. The quantitative estimate of drug-likeness (QED) is 0.882. The molecule has 0 fully saturated rings. The maximum Gasteiger partial charge on any atom is 0.129 e. The fourth-order valence-electron chi connectivity index (χ4n) is 1.98. The average Bonchev–Trinajstić information content (AvgIpc) is 2.73. The summed E-state index contributed by atoms with van der Waals surface area (Å²) in [6, 6.07) is 3.73. The Morgan fingerprint density at radius 1 is 1.29 bits per heavy atom. The SMILES string of the molecule is Cc1cc(Cn2cncc2CN)cc(C)c1F. The predicted octanol–water partition coefficient (Wildman–Crippen LogP) is 2.15. The number of hydrogen-bond acceptors (Lipinski definition) is 2. The van der Waals surface area contributed by atoms with Gasteiger partial charge in [0.2, 0.25) is 0 Å². The molecular weight excluding hydrogens is 217 g/mol. The van der Waals surface area contributed by atoms with Gasteiger partial charge in [-0.15, -0.1) is 0 Å². The van der Waals surface area contributed by atoms with E-state index in [1.54, 1.807) is 26.4 Å². The van der Waals surface area contributed by atoms with Gasteiger partial charge in [0.1, 0.15) is 5.82 Å². The lowest BCUT2D eigenvalue weighted by atomic mass is 10.1. The summed E-state index contributed by atoms with van der Waals surface area (Å²) in [4.78, 5) is 4.06. The van der Waals surface area contributed by atoms with Crippen LogP contribution in [0.4, 0.5) is 4.39 Å². The van der Waals surface area contributed by atoms with Crippen LogP contribution in [0.5, 0.6) is 0 Å². The molecule has 0 saturated heterocycles. The number of imidazole rings is 1. The summed E-state index contributed by atoms with van der Waals surface area (Å²) in [6.07, 6.45) is 3.50. The molecule has 1 aromatic heterocycles. The van der Waals surface area contributed by atoms with Crippen LogP contribution in [0.1, 0.15) is 22.4 Å². The lowest BCUT2D eigenvalue weighted by Crippen LogP contribution is -2.08. The van der Waals surface area contributed by atoms with Crippen molar-refractivity contribution >= 4 is 0 Å². The Morgan fingerprint density at radius 2 is 1.94 bits per heavy atom. The lowest BCUT2D eigenvalue weighted by molar-refractivity contribution is 0.607. The smallest absolute Gasteiger partial charge is 0.129 e. The van der Waals surface area contributed by atoms with Crippen molar-refractivity contribution in [2.45, 2.75) is 26.9 Å². The molecule has 1 heterocycles. The lowest BCUT2D eigenvalue weighted by Gasteiger charge is -2.09. The molecule has 17 heavy (non-hydrogen) atoms. The number of aryl methyl sites for hydroxylation is 2. The van der Waals surface area contributed by atoms with Crippen LogP contribution in [0.15, 0.2) is 24.7 Å². The maximum absolute atomic E-state index is 13.5. The van der Waals surface area contributed by atoms with Crippen LogP contribution in [-0.2, 0) is 13.1 Å². The molecule has 0 unspecified atom stereocenters. The van der Waals surface area contributed by atoms with E-state index in [0.29, 0.717) is 24.2 Å². The molecule has 90 valence electrons. The molecule has 2 aromatic rings. The third kappa shape index (κ3) is 2.36. The minimum atomic E-state index is -0.126. The molecule has 3 nitrogen and oxygen atoms in total. The molecular formula is C13H16FN3. The van der Waals surface area contributed by atoms with Crippen molar-refractivity contribution in [3.8, 4) is 0 Å². The van der Waals surface area contributed by atoms with Gasteiger partial charge in [-0.05, 0) is 30.5 Å². The number of rotatable bonds is 3. The van der Waals surface area contributed by atoms with E-state index in [-0.39, 0.29) is 5.82 Å².